The van der Waals surface area contributed by atoms with Crippen LogP contribution in [0.1, 0.15) is 19.8 Å². The number of rotatable bonds is 6. The van der Waals surface area contributed by atoms with Crippen LogP contribution in [0.4, 0.5) is 0 Å². The van der Waals surface area contributed by atoms with Crippen LogP contribution in [0.3, 0.4) is 0 Å². The summed E-state index contributed by atoms with van der Waals surface area (Å²) >= 11 is 0. The topological polar surface area (TPSA) is 61.4 Å². The van der Waals surface area contributed by atoms with Crippen molar-refractivity contribution < 1.29 is 8.42 Å². The van der Waals surface area contributed by atoms with Crippen molar-refractivity contribution in [3.8, 4) is 0 Å². The predicted octanol–water partition coefficient (Wildman–Crippen LogP) is -0.228. The minimum absolute atomic E-state index is 0.440. The van der Waals surface area contributed by atoms with Crippen molar-refractivity contribution in [2.24, 2.45) is 5.92 Å². The highest BCUT2D eigenvalue weighted by molar-refractivity contribution is 7.87. The average Bonchev–Trinajstić information content (AvgIpc) is 2.68. The molecule has 0 spiro atoms. The van der Waals surface area contributed by atoms with Gasteiger partial charge in [0.1, 0.15) is 0 Å². The fourth-order valence-corrected chi connectivity index (χ4v) is 2.75. The SMILES string of the molecule is CCCN(C)S(=O)(=O)NCC1CCNC1. The van der Waals surface area contributed by atoms with Crippen LogP contribution in [-0.4, -0.2) is 45.9 Å². The Kier molecular flexibility index (Phi) is 4.98. The van der Waals surface area contributed by atoms with Crippen LogP contribution in [-0.2, 0) is 10.2 Å². The summed E-state index contributed by atoms with van der Waals surface area (Å²) in [6, 6.07) is 0. The summed E-state index contributed by atoms with van der Waals surface area (Å²) in [6.07, 6.45) is 1.89. The van der Waals surface area contributed by atoms with E-state index >= 15 is 0 Å². The largest absolute Gasteiger partial charge is 0.316 e. The van der Waals surface area contributed by atoms with E-state index < -0.39 is 10.2 Å². The van der Waals surface area contributed by atoms with E-state index in [1.807, 2.05) is 6.92 Å². The number of nitrogens with one attached hydrogen (secondary N) is 2. The van der Waals surface area contributed by atoms with Crippen LogP contribution in [0.5, 0.6) is 0 Å². The first-order chi connectivity index (χ1) is 7.06. The van der Waals surface area contributed by atoms with Gasteiger partial charge in [-0.15, -0.1) is 0 Å². The van der Waals surface area contributed by atoms with Crippen LogP contribution in [0.15, 0.2) is 0 Å². The minimum Gasteiger partial charge on any atom is -0.316 e. The Morgan fingerprint density at radius 1 is 1.53 bits per heavy atom. The second-order valence-electron chi connectivity index (χ2n) is 4.03. The monoisotopic (exact) mass is 235 g/mol. The Bertz CT molecular complexity index is 273. The highest BCUT2D eigenvalue weighted by Gasteiger charge is 2.20. The summed E-state index contributed by atoms with van der Waals surface area (Å²) in [5.41, 5.74) is 0. The zero-order valence-electron chi connectivity index (χ0n) is 9.49. The molecule has 1 saturated heterocycles. The third kappa shape index (κ3) is 4.06. The van der Waals surface area contributed by atoms with E-state index in [4.69, 9.17) is 0 Å². The molecule has 2 N–H and O–H groups in total. The van der Waals surface area contributed by atoms with Crippen molar-refractivity contribution in [2.45, 2.75) is 19.8 Å². The Morgan fingerprint density at radius 3 is 2.80 bits per heavy atom. The van der Waals surface area contributed by atoms with Crippen molar-refractivity contribution in [1.29, 1.82) is 0 Å². The highest BCUT2D eigenvalue weighted by atomic mass is 32.2. The van der Waals surface area contributed by atoms with E-state index in [-0.39, 0.29) is 0 Å². The Labute approximate surface area is 92.4 Å². The molecule has 5 nitrogen and oxygen atoms in total. The van der Waals surface area contributed by atoms with Gasteiger partial charge in [-0.1, -0.05) is 6.92 Å². The fraction of sp³-hybridized carbons (Fsp3) is 1.00. The summed E-state index contributed by atoms with van der Waals surface area (Å²) in [5, 5.41) is 3.21. The fourth-order valence-electron chi connectivity index (χ4n) is 1.66. The van der Waals surface area contributed by atoms with Crippen LogP contribution in [0.25, 0.3) is 0 Å². The van der Waals surface area contributed by atoms with Gasteiger partial charge in [-0.2, -0.15) is 12.7 Å². The zero-order chi connectivity index (χ0) is 11.3. The normalized spacial score (nSPS) is 22.5. The van der Waals surface area contributed by atoms with E-state index in [1.54, 1.807) is 7.05 Å². The minimum atomic E-state index is -3.25. The van der Waals surface area contributed by atoms with Gasteiger partial charge in [-0.05, 0) is 31.8 Å². The maximum absolute atomic E-state index is 11.7. The van der Waals surface area contributed by atoms with Gasteiger partial charge in [0.25, 0.3) is 10.2 Å². The van der Waals surface area contributed by atoms with Gasteiger partial charge in [0.2, 0.25) is 0 Å². The Balaban J connectivity index is 2.34. The lowest BCUT2D eigenvalue weighted by atomic mass is 10.1. The third-order valence-corrected chi connectivity index (χ3v) is 4.20. The molecule has 1 aliphatic rings. The zero-order valence-corrected chi connectivity index (χ0v) is 10.3. The van der Waals surface area contributed by atoms with Crippen LogP contribution >= 0.6 is 0 Å². The molecule has 0 aromatic carbocycles. The summed E-state index contributed by atoms with van der Waals surface area (Å²) in [5.74, 6) is 0.440. The lowest BCUT2D eigenvalue weighted by molar-refractivity contribution is 0.448. The average molecular weight is 235 g/mol. The molecule has 0 aromatic rings. The van der Waals surface area contributed by atoms with Crippen molar-refractivity contribution in [2.75, 3.05) is 33.2 Å². The van der Waals surface area contributed by atoms with E-state index in [9.17, 15) is 8.42 Å². The molecule has 0 bridgehead atoms. The Hall–Kier alpha value is -0.170. The molecule has 6 heteroatoms. The van der Waals surface area contributed by atoms with Gasteiger partial charge in [0, 0.05) is 20.1 Å². The molecule has 0 aliphatic carbocycles. The van der Waals surface area contributed by atoms with Gasteiger partial charge in [-0.3, -0.25) is 0 Å². The molecule has 1 rings (SSSR count). The maximum Gasteiger partial charge on any atom is 0.279 e. The number of hydrogen-bond acceptors (Lipinski definition) is 3. The molecule has 0 amide bonds. The summed E-state index contributed by atoms with van der Waals surface area (Å²) in [6.45, 7) is 4.99. The number of nitrogens with zero attached hydrogens (tertiary/aromatic N) is 1. The van der Waals surface area contributed by atoms with E-state index in [0.29, 0.717) is 19.0 Å². The second kappa shape index (κ2) is 5.79. The Morgan fingerprint density at radius 2 is 2.27 bits per heavy atom. The molecule has 0 aromatic heterocycles. The third-order valence-electron chi connectivity index (χ3n) is 2.67. The summed E-state index contributed by atoms with van der Waals surface area (Å²) in [7, 11) is -1.64. The summed E-state index contributed by atoms with van der Waals surface area (Å²) < 4.78 is 27.4. The van der Waals surface area contributed by atoms with Gasteiger partial charge >= 0.3 is 0 Å². The maximum atomic E-state index is 11.7. The first-order valence-corrected chi connectivity index (χ1v) is 6.92. The molecular weight excluding hydrogens is 214 g/mol. The molecule has 90 valence electrons. The molecule has 1 fully saturated rings. The predicted molar refractivity (Wildman–Crippen MR) is 60.8 cm³/mol. The molecule has 1 atom stereocenters. The van der Waals surface area contributed by atoms with Crippen molar-refractivity contribution in [3.63, 3.8) is 0 Å². The molecule has 0 saturated carbocycles. The molecule has 15 heavy (non-hydrogen) atoms. The molecule has 1 unspecified atom stereocenters. The number of hydrogen-bond donors (Lipinski definition) is 2. The first kappa shape index (κ1) is 12.9. The van der Waals surface area contributed by atoms with Gasteiger partial charge in [0.15, 0.2) is 0 Å². The lowest BCUT2D eigenvalue weighted by Crippen LogP contribution is -2.41. The van der Waals surface area contributed by atoms with E-state index in [2.05, 4.69) is 10.0 Å². The highest BCUT2D eigenvalue weighted by Crippen LogP contribution is 2.06. The second-order valence-corrected chi connectivity index (χ2v) is 5.90. The van der Waals surface area contributed by atoms with Crippen molar-refractivity contribution in [3.05, 3.63) is 0 Å². The van der Waals surface area contributed by atoms with Crippen LogP contribution in [0.2, 0.25) is 0 Å². The first-order valence-electron chi connectivity index (χ1n) is 5.48. The van der Waals surface area contributed by atoms with Gasteiger partial charge in [-0.25, -0.2) is 4.72 Å². The molecule has 0 radical (unpaired) electrons. The van der Waals surface area contributed by atoms with Crippen LogP contribution < -0.4 is 10.0 Å². The molecule has 1 heterocycles. The van der Waals surface area contributed by atoms with Crippen molar-refractivity contribution >= 4 is 10.2 Å². The van der Waals surface area contributed by atoms with Crippen molar-refractivity contribution in [1.82, 2.24) is 14.3 Å². The van der Waals surface area contributed by atoms with Crippen LogP contribution in [0, 0.1) is 5.92 Å². The lowest BCUT2D eigenvalue weighted by Gasteiger charge is -2.18. The quantitative estimate of drug-likeness (QED) is 0.668. The van der Waals surface area contributed by atoms with Gasteiger partial charge in [0.05, 0.1) is 0 Å². The molecule has 1 aliphatic heterocycles. The smallest absolute Gasteiger partial charge is 0.279 e. The van der Waals surface area contributed by atoms with Gasteiger partial charge < -0.3 is 5.32 Å². The standard InChI is InChI=1S/C9H21N3O2S/c1-3-6-12(2)15(13,14)11-8-9-4-5-10-7-9/h9-11H,3-8H2,1-2H3. The van der Waals surface area contributed by atoms with E-state index in [0.717, 1.165) is 25.9 Å². The molecular formula is C9H21N3O2S. The summed E-state index contributed by atoms with van der Waals surface area (Å²) in [4.78, 5) is 0. The van der Waals surface area contributed by atoms with E-state index in [1.165, 1.54) is 4.31 Å².